The molecule has 2 aromatic heterocycles. The van der Waals surface area contributed by atoms with Gasteiger partial charge in [-0.3, -0.25) is 4.79 Å². The predicted octanol–water partition coefficient (Wildman–Crippen LogP) is 2.98. The summed E-state index contributed by atoms with van der Waals surface area (Å²) in [7, 11) is 1.82. The van der Waals surface area contributed by atoms with Crippen molar-refractivity contribution in [2.24, 2.45) is 0 Å². The summed E-state index contributed by atoms with van der Waals surface area (Å²) in [5.74, 6) is 1.20. The minimum Gasteiger partial charge on any atom is -0.467 e. The van der Waals surface area contributed by atoms with Crippen molar-refractivity contribution in [2.45, 2.75) is 25.2 Å². The lowest BCUT2D eigenvalue weighted by molar-refractivity contribution is -0.127. The lowest BCUT2D eigenvalue weighted by Gasteiger charge is -2.18. The first kappa shape index (κ1) is 17.3. The van der Waals surface area contributed by atoms with Crippen LogP contribution in [0.2, 0.25) is 0 Å². The SMILES string of the molecule is Cc1ccccc1CN(C)C(=O)CSc1nncn1Cc1ccco1. The van der Waals surface area contributed by atoms with Crippen molar-refractivity contribution in [2.75, 3.05) is 12.8 Å². The Morgan fingerprint density at radius 2 is 2.12 bits per heavy atom. The van der Waals surface area contributed by atoms with E-state index < -0.39 is 0 Å². The van der Waals surface area contributed by atoms with Crippen molar-refractivity contribution in [3.63, 3.8) is 0 Å². The predicted molar refractivity (Wildman–Crippen MR) is 96.2 cm³/mol. The maximum Gasteiger partial charge on any atom is 0.233 e. The molecule has 0 saturated carbocycles. The lowest BCUT2D eigenvalue weighted by Crippen LogP contribution is -2.28. The molecule has 0 aliphatic rings. The molecule has 25 heavy (non-hydrogen) atoms. The second kappa shape index (κ2) is 8.02. The van der Waals surface area contributed by atoms with Crippen molar-refractivity contribution in [3.8, 4) is 0 Å². The fourth-order valence-electron chi connectivity index (χ4n) is 2.40. The third-order valence-corrected chi connectivity index (χ3v) is 4.87. The van der Waals surface area contributed by atoms with E-state index >= 15 is 0 Å². The molecule has 130 valence electrons. The van der Waals surface area contributed by atoms with Crippen LogP contribution in [0, 0.1) is 6.92 Å². The topological polar surface area (TPSA) is 64.2 Å². The third-order valence-electron chi connectivity index (χ3n) is 3.91. The summed E-state index contributed by atoms with van der Waals surface area (Å²) >= 11 is 1.38. The molecule has 3 rings (SSSR count). The molecule has 3 aromatic rings. The first-order chi connectivity index (χ1) is 12.1. The molecule has 0 bridgehead atoms. The summed E-state index contributed by atoms with van der Waals surface area (Å²) < 4.78 is 7.22. The summed E-state index contributed by atoms with van der Waals surface area (Å²) in [6, 6.07) is 11.8. The molecule has 0 atom stereocenters. The molecule has 7 heteroatoms. The van der Waals surface area contributed by atoms with Crippen LogP contribution in [0.25, 0.3) is 0 Å². The van der Waals surface area contributed by atoms with Gasteiger partial charge in [0.25, 0.3) is 0 Å². The van der Waals surface area contributed by atoms with Crippen LogP contribution in [0.5, 0.6) is 0 Å². The highest BCUT2D eigenvalue weighted by molar-refractivity contribution is 7.99. The number of aromatic nitrogens is 3. The Morgan fingerprint density at radius 3 is 2.88 bits per heavy atom. The van der Waals surface area contributed by atoms with Gasteiger partial charge in [-0.1, -0.05) is 36.0 Å². The fraction of sp³-hybridized carbons (Fsp3) is 0.278. The van der Waals surface area contributed by atoms with E-state index in [1.54, 1.807) is 17.5 Å². The quantitative estimate of drug-likeness (QED) is 0.609. The van der Waals surface area contributed by atoms with E-state index in [0.717, 1.165) is 11.3 Å². The van der Waals surface area contributed by atoms with Gasteiger partial charge in [-0.25, -0.2) is 0 Å². The van der Waals surface area contributed by atoms with Gasteiger partial charge in [0, 0.05) is 13.6 Å². The van der Waals surface area contributed by atoms with Crippen molar-refractivity contribution in [1.29, 1.82) is 0 Å². The molecule has 0 fully saturated rings. The maximum atomic E-state index is 12.4. The second-order valence-corrected chi connectivity index (χ2v) is 6.73. The molecule has 0 aliphatic heterocycles. The Kier molecular flexibility index (Phi) is 5.55. The van der Waals surface area contributed by atoms with Gasteiger partial charge in [-0.15, -0.1) is 10.2 Å². The average Bonchev–Trinajstić information content (AvgIpc) is 3.27. The van der Waals surface area contributed by atoms with E-state index in [4.69, 9.17) is 4.42 Å². The summed E-state index contributed by atoms with van der Waals surface area (Å²) in [5.41, 5.74) is 2.34. The third kappa shape index (κ3) is 4.51. The first-order valence-electron chi connectivity index (χ1n) is 7.95. The lowest BCUT2D eigenvalue weighted by atomic mass is 10.1. The minimum atomic E-state index is 0.0563. The fourth-order valence-corrected chi connectivity index (χ4v) is 3.26. The zero-order chi connectivity index (χ0) is 17.6. The minimum absolute atomic E-state index is 0.0563. The maximum absolute atomic E-state index is 12.4. The number of nitrogens with zero attached hydrogens (tertiary/aromatic N) is 4. The van der Waals surface area contributed by atoms with Crippen molar-refractivity contribution >= 4 is 17.7 Å². The van der Waals surface area contributed by atoms with Crippen molar-refractivity contribution in [1.82, 2.24) is 19.7 Å². The molecule has 0 spiro atoms. The first-order valence-corrected chi connectivity index (χ1v) is 8.93. The van der Waals surface area contributed by atoms with E-state index in [1.807, 2.05) is 41.9 Å². The van der Waals surface area contributed by atoms with Gasteiger partial charge >= 0.3 is 0 Å². The molecular formula is C18H20N4O2S. The summed E-state index contributed by atoms with van der Waals surface area (Å²) in [5, 5.41) is 8.72. The molecule has 1 aromatic carbocycles. The van der Waals surface area contributed by atoms with Crippen molar-refractivity contribution in [3.05, 3.63) is 65.9 Å². The normalized spacial score (nSPS) is 10.8. The molecule has 0 saturated heterocycles. The van der Waals surface area contributed by atoms with Gasteiger partial charge in [0.05, 0.1) is 18.6 Å². The Bertz CT molecular complexity index is 829. The summed E-state index contributed by atoms with van der Waals surface area (Å²) in [6.07, 6.45) is 3.28. The summed E-state index contributed by atoms with van der Waals surface area (Å²) in [6.45, 7) is 3.21. The monoisotopic (exact) mass is 356 g/mol. The van der Waals surface area contributed by atoms with Crippen LogP contribution in [-0.2, 0) is 17.9 Å². The van der Waals surface area contributed by atoms with Crippen LogP contribution >= 0.6 is 11.8 Å². The molecular weight excluding hydrogens is 336 g/mol. The standard InChI is InChI=1S/C18H20N4O2S/c1-14-6-3-4-7-15(14)10-21(2)17(23)12-25-18-20-19-13-22(18)11-16-8-5-9-24-16/h3-9,13H,10-12H2,1-2H3. The number of hydrogen-bond acceptors (Lipinski definition) is 5. The van der Waals surface area contributed by atoms with Gasteiger partial charge in [0.15, 0.2) is 5.16 Å². The van der Waals surface area contributed by atoms with Crippen LogP contribution in [0.15, 0.2) is 58.6 Å². The summed E-state index contributed by atoms with van der Waals surface area (Å²) in [4.78, 5) is 14.1. The molecule has 1 amide bonds. The van der Waals surface area contributed by atoms with Gasteiger partial charge in [-0.2, -0.15) is 0 Å². The number of thioether (sulfide) groups is 1. The number of furan rings is 1. The number of carbonyl (C=O) groups is 1. The Labute approximate surface area is 150 Å². The van der Waals surface area contributed by atoms with E-state index in [-0.39, 0.29) is 5.91 Å². The zero-order valence-corrected chi connectivity index (χ0v) is 15.1. The van der Waals surface area contributed by atoms with Gasteiger partial charge in [0.2, 0.25) is 5.91 Å². The highest BCUT2D eigenvalue weighted by Gasteiger charge is 2.14. The van der Waals surface area contributed by atoms with Gasteiger partial charge in [-0.05, 0) is 30.2 Å². The average molecular weight is 356 g/mol. The number of rotatable bonds is 7. The number of benzene rings is 1. The second-order valence-electron chi connectivity index (χ2n) is 5.79. The molecule has 0 aliphatic carbocycles. The van der Waals surface area contributed by atoms with Crippen molar-refractivity contribution < 1.29 is 9.21 Å². The highest BCUT2D eigenvalue weighted by Crippen LogP contribution is 2.18. The highest BCUT2D eigenvalue weighted by atomic mass is 32.2. The van der Waals surface area contributed by atoms with Crippen LogP contribution < -0.4 is 0 Å². The Balaban J connectivity index is 1.55. The van der Waals surface area contributed by atoms with Crippen LogP contribution in [0.1, 0.15) is 16.9 Å². The molecule has 2 heterocycles. The number of aryl methyl sites for hydroxylation is 1. The van der Waals surface area contributed by atoms with Crippen LogP contribution in [0.4, 0.5) is 0 Å². The zero-order valence-electron chi connectivity index (χ0n) is 14.3. The molecule has 0 unspecified atom stereocenters. The largest absolute Gasteiger partial charge is 0.467 e. The number of amides is 1. The van der Waals surface area contributed by atoms with Gasteiger partial charge < -0.3 is 13.9 Å². The Morgan fingerprint density at radius 1 is 1.28 bits per heavy atom. The van der Waals surface area contributed by atoms with E-state index in [0.29, 0.717) is 24.0 Å². The van der Waals surface area contributed by atoms with Gasteiger partial charge in [0.1, 0.15) is 12.1 Å². The Hall–Kier alpha value is -2.54. The smallest absolute Gasteiger partial charge is 0.233 e. The molecule has 0 N–H and O–H groups in total. The number of carbonyl (C=O) groups excluding carboxylic acids is 1. The molecule has 6 nitrogen and oxygen atoms in total. The van der Waals surface area contributed by atoms with E-state index in [1.165, 1.54) is 17.3 Å². The van der Waals surface area contributed by atoms with E-state index in [9.17, 15) is 4.79 Å². The van der Waals surface area contributed by atoms with Crippen LogP contribution in [0.3, 0.4) is 0 Å². The van der Waals surface area contributed by atoms with Crippen LogP contribution in [-0.4, -0.2) is 38.4 Å². The molecule has 0 radical (unpaired) electrons. The number of hydrogen-bond donors (Lipinski definition) is 0. The van der Waals surface area contributed by atoms with E-state index in [2.05, 4.69) is 23.2 Å².